The van der Waals surface area contributed by atoms with Crippen LogP contribution in [0.1, 0.15) is 34.0 Å². The van der Waals surface area contributed by atoms with E-state index >= 15 is 0 Å². The van der Waals surface area contributed by atoms with Gasteiger partial charge in [-0.15, -0.1) is 0 Å². The Hall–Kier alpha value is -4.35. The second kappa shape index (κ2) is 11.8. The van der Waals surface area contributed by atoms with Crippen molar-refractivity contribution in [1.82, 2.24) is 15.1 Å². The first-order valence-corrected chi connectivity index (χ1v) is 12.9. The first kappa shape index (κ1) is 25.3. The molecule has 6 heteroatoms. The first-order chi connectivity index (χ1) is 18.6. The zero-order valence-corrected chi connectivity index (χ0v) is 21.8. The number of methoxy groups -OCH3 is 1. The van der Waals surface area contributed by atoms with Gasteiger partial charge in [-0.1, -0.05) is 96.5 Å². The van der Waals surface area contributed by atoms with Gasteiger partial charge in [0.15, 0.2) is 0 Å². The number of rotatable bonds is 9. The lowest BCUT2D eigenvalue weighted by Crippen LogP contribution is -2.28. The van der Waals surface area contributed by atoms with E-state index < -0.39 is 0 Å². The maximum Gasteiger partial charge on any atom is 0.270 e. The van der Waals surface area contributed by atoms with E-state index in [1.165, 1.54) is 11.1 Å². The highest BCUT2D eigenvalue weighted by molar-refractivity contribution is 6.32. The highest BCUT2D eigenvalue weighted by Gasteiger charge is 2.20. The molecule has 5 nitrogen and oxygen atoms in total. The van der Waals surface area contributed by atoms with Gasteiger partial charge < -0.3 is 10.1 Å². The molecule has 1 N–H and O–H groups in total. The van der Waals surface area contributed by atoms with E-state index in [9.17, 15) is 4.79 Å². The summed E-state index contributed by atoms with van der Waals surface area (Å²) in [6.45, 7) is 0.496. The molecule has 0 bridgehead atoms. The topological polar surface area (TPSA) is 56.1 Å². The highest BCUT2D eigenvalue weighted by atomic mass is 35.5. The van der Waals surface area contributed by atoms with Crippen molar-refractivity contribution < 1.29 is 9.53 Å². The van der Waals surface area contributed by atoms with Crippen LogP contribution in [0.2, 0.25) is 5.02 Å². The summed E-state index contributed by atoms with van der Waals surface area (Å²) >= 11 is 6.51. The van der Waals surface area contributed by atoms with E-state index in [1.807, 2.05) is 78.9 Å². The third-order valence-electron chi connectivity index (χ3n) is 6.51. The van der Waals surface area contributed by atoms with Crippen LogP contribution in [0.5, 0.6) is 5.75 Å². The summed E-state index contributed by atoms with van der Waals surface area (Å²) in [7, 11) is 1.62. The van der Waals surface area contributed by atoms with Crippen molar-refractivity contribution in [3.63, 3.8) is 0 Å². The number of aromatic nitrogens is 2. The van der Waals surface area contributed by atoms with Crippen LogP contribution in [0.25, 0.3) is 16.9 Å². The lowest BCUT2D eigenvalue weighted by atomic mass is 9.88. The van der Waals surface area contributed by atoms with E-state index in [2.05, 4.69) is 29.6 Å². The van der Waals surface area contributed by atoms with Gasteiger partial charge in [-0.2, -0.15) is 5.10 Å². The average molecular weight is 522 g/mol. The van der Waals surface area contributed by atoms with E-state index in [-0.39, 0.29) is 11.8 Å². The van der Waals surface area contributed by atoms with Crippen molar-refractivity contribution in [2.75, 3.05) is 13.7 Å². The largest absolute Gasteiger partial charge is 0.497 e. The molecule has 0 unspecified atom stereocenters. The van der Waals surface area contributed by atoms with Crippen LogP contribution in [0.4, 0.5) is 0 Å². The van der Waals surface area contributed by atoms with Crippen LogP contribution in [0.3, 0.4) is 0 Å². The summed E-state index contributed by atoms with van der Waals surface area (Å²) in [4.78, 5) is 13.5. The molecular weight excluding hydrogens is 494 g/mol. The third-order valence-corrected chi connectivity index (χ3v) is 6.83. The molecule has 0 fully saturated rings. The number of carbonyl (C=O) groups is 1. The number of carbonyl (C=O) groups excluding carboxylic acids is 1. The van der Waals surface area contributed by atoms with Gasteiger partial charge in [-0.05, 0) is 47.9 Å². The number of halogens is 1. The number of hydrogen-bond donors (Lipinski definition) is 1. The molecule has 5 aromatic rings. The summed E-state index contributed by atoms with van der Waals surface area (Å²) in [5.41, 5.74) is 4.98. The number of nitrogens with one attached hydrogen (secondary N) is 1. The lowest BCUT2D eigenvalue weighted by molar-refractivity contribution is 0.0945. The molecule has 0 atom stereocenters. The Morgan fingerprint density at radius 1 is 0.868 bits per heavy atom. The summed E-state index contributed by atoms with van der Waals surface area (Å²) < 4.78 is 6.99. The molecule has 0 saturated carbocycles. The molecule has 4 aromatic carbocycles. The minimum absolute atomic E-state index is 0.165. The normalized spacial score (nSPS) is 10.9. The van der Waals surface area contributed by atoms with Crippen LogP contribution in [0, 0.1) is 0 Å². The average Bonchev–Trinajstić information content (AvgIpc) is 3.42. The van der Waals surface area contributed by atoms with Gasteiger partial charge in [0.25, 0.3) is 5.91 Å². The number of hydrogen-bond acceptors (Lipinski definition) is 3. The highest BCUT2D eigenvalue weighted by Crippen LogP contribution is 2.29. The number of para-hydroxylation sites is 1. The molecule has 0 aliphatic rings. The van der Waals surface area contributed by atoms with Crippen molar-refractivity contribution in [3.8, 4) is 22.7 Å². The number of nitrogens with zero attached hydrogens (tertiary/aromatic N) is 2. The first-order valence-electron chi connectivity index (χ1n) is 12.5. The summed E-state index contributed by atoms with van der Waals surface area (Å²) in [6, 6.07) is 37.5. The summed E-state index contributed by atoms with van der Waals surface area (Å²) in [5.74, 6) is 0.665. The van der Waals surface area contributed by atoms with Gasteiger partial charge in [-0.3, -0.25) is 4.79 Å². The number of benzene rings is 4. The Balaban J connectivity index is 1.42. The standard InChI is InChI=1S/C32H28ClN3O2/c1-38-26-16-10-15-25(21-26)29-22-31(36(35-29)30-18-9-8-17-28(30)33)32(37)34-20-19-27(23-11-4-2-5-12-23)24-13-6-3-7-14-24/h2-18,21-22,27H,19-20H2,1H3,(H,34,37). The van der Waals surface area contributed by atoms with Crippen molar-refractivity contribution in [1.29, 1.82) is 0 Å². The van der Waals surface area contributed by atoms with Crippen LogP contribution in [-0.4, -0.2) is 29.3 Å². The minimum Gasteiger partial charge on any atom is -0.497 e. The van der Waals surface area contributed by atoms with Crippen molar-refractivity contribution >= 4 is 17.5 Å². The summed E-state index contributed by atoms with van der Waals surface area (Å²) in [5, 5.41) is 8.39. The van der Waals surface area contributed by atoms with Gasteiger partial charge in [0.2, 0.25) is 0 Å². The summed E-state index contributed by atoms with van der Waals surface area (Å²) in [6.07, 6.45) is 0.753. The third kappa shape index (κ3) is 5.63. The predicted octanol–water partition coefficient (Wildman–Crippen LogP) is 7.15. The zero-order chi connectivity index (χ0) is 26.3. The Labute approximate surface area is 227 Å². The molecule has 1 amide bonds. The molecule has 0 spiro atoms. The Morgan fingerprint density at radius 3 is 2.18 bits per heavy atom. The molecule has 1 aromatic heterocycles. The van der Waals surface area contributed by atoms with E-state index in [4.69, 9.17) is 21.4 Å². The predicted molar refractivity (Wildman–Crippen MR) is 152 cm³/mol. The zero-order valence-electron chi connectivity index (χ0n) is 21.1. The monoisotopic (exact) mass is 521 g/mol. The molecule has 38 heavy (non-hydrogen) atoms. The molecule has 0 saturated heterocycles. The second-order valence-corrected chi connectivity index (χ2v) is 9.34. The van der Waals surface area contributed by atoms with Crippen LogP contribution >= 0.6 is 11.6 Å². The molecule has 1 heterocycles. The van der Waals surface area contributed by atoms with Crippen LogP contribution in [-0.2, 0) is 0 Å². The Kier molecular flexibility index (Phi) is 7.86. The SMILES string of the molecule is COc1cccc(-c2cc(C(=O)NCCC(c3ccccc3)c3ccccc3)n(-c3ccccc3Cl)n2)c1. The fourth-order valence-corrected chi connectivity index (χ4v) is 4.81. The lowest BCUT2D eigenvalue weighted by Gasteiger charge is -2.18. The fourth-order valence-electron chi connectivity index (χ4n) is 4.59. The minimum atomic E-state index is -0.216. The van der Waals surface area contributed by atoms with Gasteiger partial charge in [-0.25, -0.2) is 4.68 Å². The number of amides is 1. The molecule has 190 valence electrons. The van der Waals surface area contributed by atoms with Gasteiger partial charge in [0.1, 0.15) is 11.4 Å². The van der Waals surface area contributed by atoms with Crippen molar-refractivity contribution in [2.45, 2.75) is 12.3 Å². The van der Waals surface area contributed by atoms with E-state index in [1.54, 1.807) is 23.9 Å². The number of ether oxygens (including phenoxy) is 1. The van der Waals surface area contributed by atoms with Gasteiger partial charge in [0, 0.05) is 18.0 Å². The maximum atomic E-state index is 13.5. The van der Waals surface area contributed by atoms with Crippen molar-refractivity contribution in [3.05, 3.63) is 137 Å². The van der Waals surface area contributed by atoms with E-state index in [0.29, 0.717) is 34.4 Å². The molecule has 0 aliphatic carbocycles. The quantitative estimate of drug-likeness (QED) is 0.224. The van der Waals surface area contributed by atoms with Gasteiger partial charge >= 0.3 is 0 Å². The smallest absolute Gasteiger partial charge is 0.270 e. The molecular formula is C32H28ClN3O2. The van der Waals surface area contributed by atoms with Gasteiger partial charge in [0.05, 0.1) is 23.5 Å². The van der Waals surface area contributed by atoms with E-state index in [0.717, 1.165) is 12.0 Å². The second-order valence-electron chi connectivity index (χ2n) is 8.93. The Morgan fingerprint density at radius 2 is 1.53 bits per heavy atom. The maximum absolute atomic E-state index is 13.5. The Bertz CT molecular complexity index is 1480. The molecule has 5 rings (SSSR count). The van der Waals surface area contributed by atoms with Crippen LogP contribution < -0.4 is 10.1 Å². The van der Waals surface area contributed by atoms with Crippen LogP contribution in [0.15, 0.2) is 115 Å². The molecule has 0 aliphatic heterocycles. The molecule has 0 radical (unpaired) electrons. The fraction of sp³-hybridized carbons (Fsp3) is 0.125. The van der Waals surface area contributed by atoms with Crippen molar-refractivity contribution in [2.24, 2.45) is 0 Å².